The molecular formula is C21H30O5. The van der Waals surface area contributed by atoms with Gasteiger partial charge in [-0.05, 0) is 56.7 Å². The molecule has 0 unspecified atom stereocenters. The molecule has 0 saturated heterocycles. The summed E-state index contributed by atoms with van der Waals surface area (Å²) in [7, 11) is 1.61. The van der Waals surface area contributed by atoms with E-state index in [1.165, 1.54) is 0 Å². The maximum absolute atomic E-state index is 12.5. The summed E-state index contributed by atoms with van der Waals surface area (Å²) in [6.45, 7) is 11.7. The van der Waals surface area contributed by atoms with E-state index in [2.05, 4.69) is 6.58 Å². The van der Waals surface area contributed by atoms with Crippen LogP contribution in [0.1, 0.15) is 45.6 Å². The number of hydrogen-bond acceptors (Lipinski definition) is 5. The normalized spacial score (nSPS) is 13.0. The Labute approximate surface area is 156 Å². The number of rotatable bonds is 10. The molecule has 2 atom stereocenters. The summed E-state index contributed by atoms with van der Waals surface area (Å²) in [5, 5.41) is 0. The number of carbonyl (C=O) groups is 2. The average molecular weight is 362 g/mol. The molecule has 0 radical (unpaired) electrons. The third-order valence-corrected chi connectivity index (χ3v) is 4.38. The molecule has 1 aromatic rings. The topological polar surface area (TPSA) is 61.8 Å². The smallest absolute Gasteiger partial charge is 0.320 e. The highest BCUT2D eigenvalue weighted by Gasteiger charge is 2.40. The number of hydrogen-bond donors (Lipinski definition) is 0. The van der Waals surface area contributed by atoms with E-state index in [-0.39, 0.29) is 25.0 Å². The van der Waals surface area contributed by atoms with E-state index in [0.29, 0.717) is 6.42 Å². The van der Waals surface area contributed by atoms with Gasteiger partial charge in [0.2, 0.25) is 0 Å². The van der Waals surface area contributed by atoms with E-state index in [1.54, 1.807) is 21.0 Å². The van der Waals surface area contributed by atoms with Gasteiger partial charge in [0.1, 0.15) is 5.75 Å². The maximum atomic E-state index is 12.5. The molecule has 0 bridgehead atoms. The molecule has 1 aromatic carbocycles. The number of ether oxygens (including phenoxy) is 3. The molecule has 0 spiro atoms. The first-order valence-corrected chi connectivity index (χ1v) is 8.97. The molecule has 0 aliphatic rings. The van der Waals surface area contributed by atoms with Gasteiger partial charge in [-0.25, -0.2) is 0 Å². The predicted octanol–water partition coefficient (Wildman–Crippen LogP) is 4.12. The van der Waals surface area contributed by atoms with Crippen molar-refractivity contribution in [2.24, 2.45) is 11.8 Å². The summed E-state index contributed by atoms with van der Waals surface area (Å²) in [4.78, 5) is 25.1. The third kappa shape index (κ3) is 5.90. The van der Waals surface area contributed by atoms with Gasteiger partial charge in [0.05, 0.1) is 20.3 Å². The summed E-state index contributed by atoms with van der Waals surface area (Å²) < 4.78 is 15.5. The Morgan fingerprint density at radius 2 is 1.54 bits per heavy atom. The Hall–Kier alpha value is -2.30. The Morgan fingerprint density at radius 3 is 1.92 bits per heavy atom. The minimum absolute atomic E-state index is 0.0728. The van der Waals surface area contributed by atoms with Gasteiger partial charge in [-0.15, -0.1) is 6.58 Å². The fraction of sp³-hybridized carbons (Fsp3) is 0.524. The van der Waals surface area contributed by atoms with E-state index in [9.17, 15) is 9.59 Å². The second-order valence-electron chi connectivity index (χ2n) is 6.37. The predicted molar refractivity (Wildman–Crippen MR) is 101 cm³/mol. The van der Waals surface area contributed by atoms with Crippen LogP contribution in [0.4, 0.5) is 0 Å². The van der Waals surface area contributed by atoms with Crippen LogP contribution in [0.3, 0.4) is 0 Å². The minimum Gasteiger partial charge on any atom is -0.497 e. The summed E-state index contributed by atoms with van der Waals surface area (Å²) >= 11 is 0. The molecule has 0 heterocycles. The summed E-state index contributed by atoms with van der Waals surface area (Å²) in [5.74, 6) is -1.70. The van der Waals surface area contributed by atoms with Crippen LogP contribution in [0, 0.1) is 11.8 Å². The van der Waals surface area contributed by atoms with Gasteiger partial charge in [-0.1, -0.05) is 24.6 Å². The minimum atomic E-state index is -0.983. The number of methoxy groups -OCH3 is 1. The molecule has 5 heteroatoms. The zero-order valence-corrected chi connectivity index (χ0v) is 16.4. The van der Waals surface area contributed by atoms with Crippen molar-refractivity contribution in [2.75, 3.05) is 20.3 Å². The van der Waals surface area contributed by atoms with Crippen molar-refractivity contribution in [3.8, 4) is 5.75 Å². The van der Waals surface area contributed by atoms with Crippen molar-refractivity contribution in [3.05, 3.63) is 42.0 Å². The van der Waals surface area contributed by atoms with Crippen LogP contribution in [0.2, 0.25) is 0 Å². The number of benzene rings is 1. The van der Waals surface area contributed by atoms with Crippen molar-refractivity contribution in [1.82, 2.24) is 0 Å². The van der Waals surface area contributed by atoms with E-state index in [0.717, 1.165) is 16.9 Å². The van der Waals surface area contributed by atoms with Crippen LogP contribution in [0.25, 0.3) is 0 Å². The Bertz CT molecular complexity index is 587. The molecule has 144 valence electrons. The fourth-order valence-corrected chi connectivity index (χ4v) is 3.05. The molecule has 0 fully saturated rings. The summed E-state index contributed by atoms with van der Waals surface area (Å²) in [6.07, 6.45) is 0.523. The van der Waals surface area contributed by atoms with Crippen LogP contribution in [-0.4, -0.2) is 32.3 Å². The lowest BCUT2D eigenvalue weighted by molar-refractivity contribution is -0.164. The second-order valence-corrected chi connectivity index (χ2v) is 6.37. The fourth-order valence-electron chi connectivity index (χ4n) is 3.05. The molecule has 0 aliphatic carbocycles. The Kier molecular flexibility index (Phi) is 8.90. The van der Waals surface area contributed by atoms with Gasteiger partial charge in [0.25, 0.3) is 0 Å². The zero-order chi connectivity index (χ0) is 19.7. The van der Waals surface area contributed by atoms with Crippen LogP contribution in [-0.2, 0) is 19.1 Å². The van der Waals surface area contributed by atoms with Gasteiger partial charge in [0, 0.05) is 0 Å². The highest BCUT2D eigenvalue weighted by molar-refractivity contribution is 5.95. The quantitative estimate of drug-likeness (QED) is 0.356. The highest BCUT2D eigenvalue weighted by atomic mass is 16.6. The highest BCUT2D eigenvalue weighted by Crippen LogP contribution is 2.36. The lowest BCUT2D eigenvalue weighted by Gasteiger charge is -2.30. The van der Waals surface area contributed by atoms with Gasteiger partial charge >= 0.3 is 11.9 Å². The standard InChI is InChI=1S/C21H30O5/c1-7-25-20(22)19(21(23)26-8-2)18(13-14(3)4)15(5)16-9-11-17(24-6)12-10-16/h9-12,15,18-19H,3,7-8,13H2,1-2,4-6H3/t15-,18+/m1/s1. The molecule has 26 heavy (non-hydrogen) atoms. The first-order valence-electron chi connectivity index (χ1n) is 8.97. The van der Waals surface area contributed by atoms with Crippen LogP contribution >= 0.6 is 0 Å². The van der Waals surface area contributed by atoms with Gasteiger partial charge in [-0.2, -0.15) is 0 Å². The molecule has 0 amide bonds. The molecule has 0 aromatic heterocycles. The second kappa shape index (κ2) is 10.6. The molecule has 0 saturated carbocycles. The van der Waals surface area contributed by atoms with Crippen molar-refractivity contribution in [2.45, 2.75) is 40.0 Å². The molecule has 0 N–H and O–H groups in total. The monoisotopic (exact) mass is 362 g/mol. The SMILES string of the molecule is C=C(C)C[C@H](C(C(=O)OCC)C(=O)OCC)[C@H](C)c1ccc(OC)cc1. The lowest BCUT2D eigenvalue weighted by atomic mass is 9.75. The molecule has 1 rings (SSSR count). The van der Waals surface area contributed by atoms with Crippen molar-refractivity contribution in [1.29, 1.82) is 0 Å². The van der Waals surface area contributed by atoms with Crippen LogP contribution in [0.15, 0.2) is 36.4 Å². The Balaban J connectivity index is 3.24. The first-order chi connectivity index (χ1) is 12.3. The number of esters is 2. The Morgan fingerprint density at radius 1 is 1.04 bits per heavy atom. The van der Waals surface area contributed by atoms with E-state index >= 15 is 0 Å². The van der Waals surface area contributed by atoms with Crippen molar-refractivity contribution >= 4 is 11.9 Å². The van der Waals surface area contributed by atoms with Gasteiger partial charge in [0.15, 0.2) is 5.92 Å². The first kappa shape index (κ1) is 21.7. The zero-order valence-electron chi connectivity index (χ0n) is 16.4. The summed E-state index contributed by atoms with van der Waals surface area (Å²) in [5.41, 5.74) is 1.91. The van der Waals surface area contributed by atoms with E-state index < -0.39 is 17.9 Å². The number of carbonyl (C=O) groups excluding carboxylic acids is 2. The maximum Gasteiger partial charge on any atom is 0.320 e. The van der Waals surface area contributed by atoms with E-state index in [4.69, 9.17) is 14.2 Å². The molecule has 0 aliphatic heterocycles. The van der Waals surface area contributed by atoms with E-state index in [1.807, 2.05) is 38.1 Å². The average Bonchev–Trinajstić information content (AvgIpc) is 2.60. The van der Waals surface area contributed by atoms with Gasteiger partial charge < -0.3 is 14.2 Å². The number of allylic oxidation sites excluding steroid dienone is 1. The van der Waals surface area contributed by atoms with Crippen LogP contribution in [0.5, 0.6) is 5.75 Å². The van der Waals surface area contributed by atoms with Crippen molar-refractivity contribution < 1.29 is 23.8 Å². The summed E-state index contributed by atoms with van der Waals surface area (Å²) in [6, 6.07) is 7.63. The van der Waals surface area contributed by atoms with Crippen LogP contribution < -0.4 is 4.74 Å². The third-order valence-electron chi connectivity index (χ3n) is 4.38. The largest absolute Gasteiger partial charge is 0.497 e. The van der Waals surface area contributed by atoms with Gasteiger partial charge in [-0.3, -0.25) is 9.59 Å². The van der Waals surface area contributed by atoms with Crippen molar-refractivity contribution in [3.63, 3.8) is 0 Å². The molecular weight excluding hydrogens is 332 g/mol. The molecule has 5 nitrogen and oxygen atoms in total. The lowest BCUT2D eigenvalue weighted by Crippen LogP contribution is -2.37.